The van der Waals surface area contributed by atoms with Gasteiger partial charge in [0.1, 0.15) is 11.5 Å². The highest BCUT2D eigenvalue weighted by Gasteiger charge is 2.10. The summed E-state index contributed by atoms with van der Waals surface area (Å²) >= 11 is 3.32. The fourth-order valence-electron chi connectivity index (χ4n) is 1.83. The fraction of sp³-hybridized carbons (Fsp3) is 0.200. The molecule has 0 saturated heterocycles. The molecule has 2 aromatic carbocycles. The Morgan fingerprint density at radius 1 is 1.19 bits per heavy atom. The maximum Gasteiger partial charge on any atom is 0.387 e. The summed E-state index contributed by atoms with van der Waals surface area (Å²) in [5, 5.41) is 3.15. The number of hydrogen-bond donors (Lipinski definition) is 1. The van der Waals surface area contributed by atoms with Crippen LogP contribution in [-0.4, -0.2) is 13.7 Å². The Morgan fingerprint density at radius 2 is 2.00 bits per heavy atom. The average molecular weight is 358 g/mol. The second-order valence-electron chi connectivity index (χ2n) is 4.22. The van der Waals surface area contributed by atoms with Crippen molar-refractivity contribution >= 4 is 21.6 Å². The Kier molecular flexibility index (Phi) is 5.38. The Morgan fingerprint density at radius 3 is 2.71 bits per heavy atom. The number of nitrogens with one attached hydrogen (secondary N) is 1. The van der Waals surface area contributed by atoms with Crippen molar-refractivity contribution in [3.05, 3.63) is 52.5 Å². The SMILES string of the molecule is COc1cccc(NCc2cc(Br)ccc2OC(F)F)c1. The van der Waals surface area contributed by atoms with Crippen LogP contribution in [0.3, 0.4) is 0 Å². The van der Waals surface area contributed by atoms with E-state index >= 15 is 0 Å². The van der Waals surface area contributed by atoms with E-state index in [4.69, 9.17) is 4.74 Å². The first-order chi connectivity index (χ1) is 10.1. The Balaban J connectivity index is 2.12. The van der Waals surface area contributed by atoms with E-state index in [1.807, 2.05) is 24.3 Å². The summed E-state index contributed by atoms with van der Waals surface area (Å²) < 4.78 is 35.2. The van der Waals surface area contributed by atoms with Crippen LogP contribution in [0, 0.1) is 0 Å². The van der Waals surface area contributed by atoms with Gasteiger partial charge in [0.2, 0.25) is 0 Å². The molecule has 6 heteroatoms. The monoisotopic (exact) mass is 357 g/mol. The first-order valence-electron chi connectivity index (χ1n) is 6.19. The number of anilines is 1. The van der Waals surface area contributed by atoms with Gasteiger partial charge in [-0.1, -0.05) is 22.0 Å². The third kappa shape index (κ3) is 4.60. The van der Waals surface area contributed by atoms with Gasteiger partial charge in [-0.05, 0) is 30.3 Å². The van der Waals surface area contributed by atoms with E-state index in [9.17, 15) is 8.78 Å². The maximum absolute atomic E-state index is 12.4. The van der Waals surface area contributed by atoms with Crippen molar-refractivity contribution < 1.29 is 18.3 Å². The van der Waals surface area contributed by atoms with Gasteiger partial charge in [0.25, 0.3) is 0 Å². The molecule has 0 amide bonds. The van der Waals surface area contributed by atoms with Crippen LogP contribution in [0.4, 0.5) is 14.5 Å². The topological polar surface area (TPSA) is 30.5 Å². The van der Waals surface area contributed by atoms with Crippen molar-refractivity contribution in [2.24, 2.45) is 0 Å². The van der Waals surface area contributed by atoms with Gasteiger partial charge >= 0.3 is 6.61 Å². The van der Waals surface area contributed by atoms with Crippen molar-refractivity contribution in [1.29, 1.82) is 0 Å². The molecule has 0 unspecified atom stereocenters. The summed E-state index contributed by atoms with van der Waals surface area (Å²) in [7, 11) is 1.59. The second kappa shape index (κ2) is 7.26. The van der Waals surface area contributed by atoms with E-state index < -0.39 is 6.61 Å². The molecule has 0 fully saturated rings. The molecule has 1 N–H and O–H groups in total. The molecule has 0 saturated carbocycles. The van der Waals surface area contributed by atoms with Crippen LogP contribution in [0.5, 0.6) is 11.5 Å². The van der Waals surface area contributed by atoms with E-state index in [2.05, 4.69) is 26.0 Å². The molecule has 2 rings (SSSR count). The summed E-state index contributed by atoms with van der Waals surface area (Å²) in [6.45, 7) is -2.49. The minimum atomic E-state index is -2.85. The van der Waals surface area contributed by atoms with Crippen LogP contribution in [-0.2, 0) is 6.54 Å². The van der Waals surface area contributed by atoms with E-state index in [1.165, 1.54) is 6.07 Å². The van der Waals surface area contributed by atoms with E-state index in [0.717, 1.165) is 15.9 Å². The number of alkyl halides is 2. The zero-order chi connectivity index (χ0) is 15.2. The first kappa shape index (κ1) is 15.6. The summed E-state index contributed by atoms with van der Waals surface area (Å²) in [6.07, 6.45) is 0. The Labute approximate surface area is 130 Å². The second-order valence-corrected chi connectivity index (χ2v) is 5.13. The minimum absolute atomic E-state index is 0.156. The molecule has 0 aliphatic heterocycles. The largest absolute Gasteiger partial charge is 0.497 e. The van der Waals surface area contributed by atoms with Gasteiger partial charge in [-0.3, -0.25) is 0 Å². The number of ether oxygens (including phenoxy) is 2. The van der Waals surface area contributed by atoms with Gasteiger partial charge in [0.05, 0.1) is 7.11 Å². The van der Waals surface area contributed by atoms with Crippen molar-refractivity contribution in [1.82, 2.24) is 0 Å². The highest BCUT2D eigenvalue weighted by atomic mass is 79.9. The molecule has 3 nitrogen and oxygen atoms in total. The Bertz CT molecular complexity index is 608. The minimum Gasteiger partial charge on any atom is -0.497 e. The van der Waals surface area contributed by atoms with Crippen molar-refractivity contribution in [3.8, 4) is 11.5 Å². The molecular formula is C15H14BrF2NO2. The number of benzene rings is 2. The lowest BCUT2D eigenvalue weighted by molar-refractivity contribution is -0.0504. The van der Waals surface area contributed by atoms with Gasteiger partial charge < -0.3 is 14.8 Å². The predicted molar refractivity (Wildman–Crippen MR) is 81.1 cm³/mol. The first-order valence-corrected chi connectivity index (χ1v) is 6.99. The predicted octanol–water partition coefficient (Wildman–Crippen LogP) is 4.67. The quantitative estimate of drug-likeness (QED) is 0.814. The van der Waals surface area contributed by atoms with E-state index in [0.29, 0.717) is 12.1 Å². The summed E-state index contributed by atoms with van der Waals surface area (Å²) in [4.78, 5) is 0. The summed E-state index contributed by atoms with van der Waals surface area (Å²) in [5.41, 5.74) is 1.46. The van der Waals surface area contributed by atoms with Crippen molar-refractivity contribution in [2.45, 2.75) is 13.2 Å². The van der Waals surface area contributed by atoms with Gasteiger partial charge in [-0.25, -0.2) is 0 Å². The zero-order valence-corrected chi connectivity index (χ0v) is 12.9. The molecule has 0 radical (unpaired) electrons. The smallest absolute Gasteiger partial charge is 0.387 e. The molecule has 0 aromatic heterocycles. The molecule has 0 aliphatic carbocycles. The van der Waals surface area contributed by atoms with Gasteiger partial charge in [0.15, 0.2) is 0 Å². The van der Waals surface area contributed by atoms with E-state index in [1.54, 1.807) is 19.2 Å². The van der Waals surface area contributed by atoms with Crippen LogP contribution >= 0.6 is 15.9 Å². The third-order valence-corrected chi connectivity index (χ3v) is 3.28. The molecule has 0 bridgehead atoms. The lowest BCUT2D eigenvalue weighted by atomic mass is 10.2. The molecule has 112 valence electrons. The number of hydrogen-bond acceptors (Lipinski definition) is 3. The number of methoxy groups -OCH3 is 1. The van der Waals surface area contributed by atoms with Crippen LogP contribution in [0.2, 0.25) is 0 Å². The van der Waals surface area contributed by atoms with Gasteiger partial charge in [0, 0.05) is 28.3 Å². The highest BCUT2D eigenvalue weighted by Crippen LogP contribution is 2.26. The van der Waals surface area contributed by atoms with Crippen LogP contribution in [0.15, 0.2) is 46.9 Å². The van der Waals surface area contributed by atoms with Crippen LogP contribution < -0.4 is 14.8 Å². The van der Waals surface area contributed by atoms with Crippen LogP contribution in [0.1, 0.15) is 5.56 Å². The molecule has 0 spiro atoms. The fourth-order valence-corrected chi connectivity index (χ4v) is 2.24. The molecule has 0 aliphatic rings. The summed E-state index contributed by atoms with van der Waals surface area (Å²) in [5.74, 6) is 0.877. The van der Waals surface area contributed by atoms with Crippen LogP contribution in [0.25, 0.3) is 0 Å². The number of halogens is 3. The normalized spacial score (nSPS) is 10.5. The highest BCUT2D eigenvalue weighted by molar-refractivity contribution is 9.10. The molecular weight excluding hydrogens is 344 g/mol. The molecule has 0 heterocycles. The van der Waals surface area contributed by atoms with Crippen molar-refractivity contribution in [2.75, 3.05) is 12.4 Å². The molecule has 2 aromatic rings. The van der Waals surface area contributed by atoms with Gasteiger partial charge in [-0.15, -0.1) is 0 Å². The standard InChI is InChI=1S/C15H14BrF2NO2/c1-20-13-4-2-3-12(8-13)19-9-10-7-11(16)5-6-14(10)21-15(17)18/h2-8,15,19H,9H2,1H3. The molecule has 21 heavy (non-hydrogen) atoms. The lowest BCUT2D eigenvalue weighted by Gasteiger charge is -2.13. The lowest BCUT2D eigenvalue weighted by Crippen LogP contribution is -2.07. The average Bonchev–Trinajstić information content (AvgIpc) is 2.47. The third-order valence-electron chi connectivity index (χ3n) is 2.79. The van der Waals surface area contributed by atoms with E-state index in [-0.39, 0.29) is 5.75 Å². The summed E-state index contributed by atoms with van der Waals surface area (Å²) in [6, 6.07) is 12.3. The Hall–Kier alpha value is -1.82. The van der Waals surface area contributed by atoms with Gasteiger partial charge in [-0.2, -0.15) is 8.78 Å². The van der Waals surface area contributed by atoms with Crippen molar-refractivity contribution in [3.63, 3.8) is 0 Å². The number of rotatable bonds is 6. The molecule has 0 atom stereocenters. The maximum atomic E-state index is 12.4. The zero-order valence-electron chi connectivity index (χ0n) is 11.3.